The first-order valence-corrected chi connectivity index (χ1v) is 15.7. The molecule has 198 valence electrons. The van der Waals surface area contributed by atoms with E-state index in [0.717, 1.165) is 11.1 Å². The molecule has 0 heterocycles. The van der Waals surface area contributed by atoms with Crippen LogP contribution in [0.25, 0.3) is 0 Å². The Morgan fingerprint density at radius 2 is 0.833 bits per heavy atom. The van der Waals surface area contributed by atoms with E-state index in [0.29, 0.717) is 11.8 Å². The molecule has 0 saturated heterocycles. The van der Waals surface area contributed by atoms with Crippen molar-refractivity contribution in [2.75, 3.05) is 0 Å². The van der Waals surface area contributed by atoms with Gasteiger partial charge in [0.15, 0.2) is 0 Å². The Labute approximate surface area is 239 Å². The van der Waals surface area contributed by atoms with Crippen LogP contribution in [0, 0.1) is 52.7 Å². The van der Waals surface area contributed by atoms with Crippen LogP contribution in [0.4, 0.5) is 0 Å². The van der Waals surface area contributed by atoms with Crippen molar-refractivity contribution in [2.24, 2.45) is 11.8 Å². The fourth-order valence-electron chi connectivity index (χ4n) is 3.28. The van der Waals surface area contributed by atoms with E-state index in [1.807, 2.05) is 87.5 Å². The van der Waals surface area contributed by atoms with Gasteiger partial charge < -0.3 is 14.9 Å². The van der Waals surface area contributed by atoms with Crippen LogP contribution in [0.15, 0.2) is 94.1 Å². The van der Waals surface area contributed by atoms with E-state index in [9.17, 15) is 0 Å². The van der Waals surface area contributed by atoms with Gasteiger partial charge in [0, 0.05) is 0 Å². The quantitative estimate of drug-likeness (QED) is 0.234. The molecule has 2 aromatic carbocycles. The minimum atomic E-state index is 0. The SMILES string of the molecule is CC1=[C-]C(C)C(C)=C1C.CC1=[C-]C(C)C(C)=C1C.[CH2-]c1ccccc1.[CH2-]c1ccccc1.[CH3-].[CH3-].[SiH2]=[Ti]. The second-order valence-corrected chi connectivity index (χ2v) is 8.57. The Hall–Kier alpha value is -1.93. The number of hydrogen-bond donors (Lipinski definition) is 0. The summed E-state index contributed by atoms with van der Waals surface area (Å²) in [5.74, 6) is 1.12. The third kappa shape index (κ3) is 14.6. The Bertz CT molecular complexity index is 897. The number of hydrogen-bond acceptors (Lipinski definition) is 0. The average molecular weight is 533 g/mol. The van der Waals surface area contributed by atoms with E-state index in [4.69, 9.17) is 0 Å². The summed E-state index contributed by atoms with van der Waals surface area (Å²) in [6.07, 6.45) is 6.72. The fourth-order valence-corrected chi connectivity index (χ4v) is 3.28. The molecule has 4 rings (SSSR count). The molecule has 36 heavy (non-hydrogen) atoms. The van der Waals surface area contributed by atoms with Crippen LogP contribution < -0.4 is 0 Å². The topological polar surface area (TPSA) is 0 Å². The summed E-state index contributed by atoms with van der Waals surface area (Å²) in [6.45, 7) is 24.8. The Kier molecular flexibility index (Phi) is 22.7. The zero-order chi connectivity index (χ0) is 26.3. The molecule has 0 fully saturated rings. The van der Waals surface area contributed by atoms with Crippen molar-refractivity contribution < 1.29 is 19.2 Å². The summed E-state index contributed by atoms with van der Waals surface area (Å²) in [5.41, 5.74) is 10.6. The summed E-state index contributed by atoms with van der Waals surface area (Å²) in [7, 11) is 1.86. The second-order valence-electron chi connectivity index (χ2n) is 8.57. The maximum absolute atomic E-state index is 3.72. The van der Waals surface area contributed by atoms with Gasteiger partial charge in [-0.05, 0) is 0 Å². The Morgan fingerprint density at radius 3 is 0.917 bits per heavy atom. The van der Waals surface area contributed by atoms with E-state index in [1.165, 1.54) is 33.4 Å². The van der Waals surface area contributed by atoms with E-state index < -0.39 is 0 Å². The van der Waals surface area contributed by atoms with Crippen molar-refractivity contribution >= 4 is 7.63 Å². The van der Waals surface area contributed by atoms with Crippen molar-refractivity contribution in [3.05, 3.63) is 146 Å². The zero-order valence-corrected chi connectivity index (χ0v) is 27.5. The molecule has 2 aliphatic carbocycles. The molecule has 0 N–H and O–H groups in total. The molecule has 2 aromatic rings. The average Bonchev–Trinajstić information content (AvgIpc) is 3.19. The summed E-state index contributed by atoms with van der Waals surface area (Å²) < 4.78 is 0. The van der Waals surface area contributed by atoms with Crippen LogP contribution in [0.2, 0.25) is 0 Å². The molecule has 0 spiro atoms. The predicted molar refractivity (Wildman–Crippen MR) is 163 cm³/mol. The van der Waals surface area contributed by atoms with Gasteiger partial charge in [0.2, 0.25) is 0 Å². The first-order chi connectivity index (χ1) is 16.0. The van der Waals surface area contributed by atoms with Gasteiger partial charge in [0.05, 0.1) is 0 Å². The van der Waals surface area contributed by atoms with Gasteiger partial charge in [-0.2, -0.15) is 71.5 Å². The van der Waals surface area contributed by atoms with Crippen LogP contribution in [0.1, 0.15) is 66.5 Å². The molecule has 0 aliphatic heterocycles. The monoisotopic (exact) mass is 532 g/mol. The summed E-state index contributed by atoms with van der Waals surface area (Å²) in [6, 6.07) is 19.7. The molecule has 2 heteroatoms. The predicted octanol–water partition coefficient (Wildman–Crippen LogP) is 9.16. The van der Waals surface area contributed by atoms with E-state index in [1.54, 1.807) is 0 Å². The molecule has 0 amide bonds. The molecule has 2 aliphatic rings. The summed E-state index contributed by atoms with van der Waals surface area (Å²) in [4.78, 5) is 0. The molecule has 2 unspecified atom stereocenters. The van der Waals surface area contributed by atoms with Crippen molar-refractivity contribution in [3.63, 3.8) is 0 Å². The molecule has 0 aromatic heterocycles. The van der Waals surface area contributed by atoms with E-state index >= 15 is 0 Å². The van der Waals surface area contributed by atoms with Gasteiger partial charge in [-0.15, -0.1) is 38.1 Å². The number of rotatable bonds is 0. The second kappa shape index (κ2) is 21.2. The van der Waals surface area contributed by atoms with Gasteiger partial charge in [-0.25, -0.2) is 11.1 Å². The summed E-state index contributed by atoms with van der Waals surface area (Å²) >= 11 is 2.03. The van der Waals surface area contributed by atoms with E-state index in [-0.39, 0.29) is 14.9 Å². The fraction of sp³-hybridized carbons (Fsp3) is 0.294. The third-order valence-corrected chi connectivity index (χ3v) is 6.16. The van der Waals surface area contributed by atoms with Crippen LogP contribution in [0.3, 0.4) is 0 Å². The van der Waals surface area contributed by atoms with Gasteiger partial charge in [-0.3, -0.25) is 12.2 Å². The minimum absolute atomic E-state index is 0. The van der Waals surface area contributed by atoms with Gasteiger partial charge >= 0.3 is 26.8 Å². The summed E-state index contributed by atoms with van der Waals surface area (Å²) in [5, 5.41) is 0. The molecule has 0 saturated carbocycles. The van der Waals surface area contributed by atoms with Crippen molar-refractivity contribution in [1.82, 2.24) is 0 Å². The zero-order valence-electron chi connectivity index (χ0n) is 24.5. The van der Waals surface area contributed by atoms with E-state index in [2.05, 4.69) is 81.4 Å². The van der Waals surface area contributed by atoms with Gasteiger partial charge in [0.25, 0.3) is 0 Å². The Balaban J connectivity index is -0.000000389. The van der Waals surface area contributed by atoms with Crippen molar-refractivity contribution in [1.29, 1.82) is 0 Å². The van der Waals surface area contributed by atoms with Crippen molar-refractivity contribution in [3.8, 4) is 0 Å². The van der Waals surface area contributed by atoms with Crippen LogP contribution in [-0.4, -0.2) is 7.63 Å². The molecule has 0 radical (unpaired) electrons. The van der Waals surface area contributed by atoms with Gasteiger partial charge in [-0.1, -0.05) is 65.5 Å². The van der Waals surface area contributed by atoms with Crippen LogP contribution in [0.5, 0.6) is 0 Å². The standard InChI is InChI=1S/2C9H13.2C7H7.2CH3.H2Si.Ti/c2*1-6-5-7(2)9(4)8(6)3;2*1-7-5-3-2-4-6-7;;;;/h2*6H,1-4H3;2*2-6H,1H2;2*1H3;1H2;/q6*-1;;. The molecular weight excluding hydrogens is 484 g/mol. The van der Waals surface area contributed by atoms with Crippen LogP contribution >= 0.6 is 0 Å². The number of allylic oxidation sites excluding steroid dienone is 8. The maximum atomic E-state index is 3.72. The van der Waals surface area contributed by atoms with Crippen molar-refractivity contribution in [2.45, 2.75) is 55.4 Å². The first kappa shape index (κ1) is 38.6. The Morgan fingerprint density at radius 1 is 0.583 bits per heavy atom. The van der Waals surface area contributed by atoms with Gasteiger partial charge in [0.1, 0.15) is 0 Å². The molecule has 0 nitrogen and oxygen atoms in total. The third-order valence-electron chi connectivity index (χ3n) is 6.16. The normalized spacial score (nSPS) is 17.0. The molecular formula is C34H48SiTi-6. The first-order valence-electron chi connectivity index (χ1n) is 11.7. The molecule has 2 atom stereocenters. The number of benzene rings is 2. The van der Waals surface area contributed by atoms with Crippen LogP contribution in [-0.2, 0) is 19.2 Å². The molecule has 0 bridgehead atoms.